The van der Waals surface area contributed by atoms with Gasteiger partial charge in [0, 0.05) is 26.4 Å². The van der Waals surface area contributed by atoms with Crippen LogP contribution in [0.1, 0.15) is 5.82 Å². The number of pyridine rings is 1. The standard InChI is InChI=1S/C12H13ClN4OS/c1-14-9-5-12(17-10(16-9)7-18-2)19-11-4-3-8(13)6-15-11/h3-6H,7H2,1-2H3,(H,14,16,17). The highest BCUT2D eigenvalue weighted by Gasteiger charge is 2.06. The molecule has 19 heavy (non-hydrogen) atoms. The van der Waals surface area contributed by atoms with Crippen molar-refractivity contribution in [3.63, 3.8) is 0 Å². The van der Waals surface area contributed by atoms with Gasteiger partial charge in [-0.2, -0.15) is 0 Å². The van der Waals surface area contributed by atoms with Crippen molar-refractivity contribution in [2.45, 2.75) is 16.7 Å². The van der Waals surface area contributed by atoms with Crippen LogP contribution in [0.25, 0.3) is 0 Å². The van der Waals surface area contributed by atoms with Crippen molar-refractivity contribution >= 4 is 29.2 Å². The van der Waals surface area contributed by atoms with Crippen molar-refractivity contribution < 1.29 is 4.74 Å². The number of nitrogens with one attached hydrogen (secondary N) is 1. The van der Waals surface area contributed by atoms with Gasteiger partial charge in [0.25, 0.3) is 0 Å². The van der Waals surface area contributed by atoms with E-state index < -0.39 is 0 Å². The summed E-state index contributed by atoms with van der Waals surface area (Å²) < 4.78 is 5.05. The average molecular weight is 297 g/mol. The molecule has 0 unspecified atom stereocenters. The Morgan fingerprint density at radius 1 is 1.32 bits per heavy atom. The fourth-order valence-corrected chi connectivity index (χ4v) is 2.27. The van der Waals surface area contributed by atoms with E-state index in [0.29, 0.717) is 17.5 Å². The Labute approximate surface area is 120 Å². The van der Waals surface area contributed by atoms with E-state index in [4.69, 9.17) is 16.3 Å². The van der Waals surface area contributed by atoms with Crippen LogP contribution < -0.4 is 5.32 Å². The lowest BCUT2D eigenvalue weighted by Gasteiger charge is -2.06. The fraction of sp³-hybridized carbons (Fsp3) is 0.250. The number of hydrogen-bond acceptors (Lipinski definition) is 6. The van der Waals surface area contributed by atoms with Gasteiger partial charge in [-0.15, -0.1) is 0 Å². The number of aromatic nitrogens is 3. The van der Waals surface area contributed by atoms with Gasteiger partial charge in [0.1, 0.15) is 22.5 Å². The molecule has 7 heteroatoms. The molecule has 0 radical (unpaired) electrons. The Morgan fingerprint density at radius 3 is 2.79 bits per heavy atom. The molecule has 2 aromatic heterocycles. The maximum Gasteiger partial charge on any atom is 0.157 e. The molecular weight excluding hydrogens is 284 g/mol. The van der Waals surface area contributed by atoms with Gasteiger partial charge >= 0.3 is 0 Å². The molecule has 0 aliphatic carbocycles. The molecule has 0 aromatic carbocycles. The zero-order valence-electron chi connectivity index (χ0n) is 10.6. The second kappa shape index (κ2) is 6.70. The molecule has 0 atom stereocenters. The van der Waals surface area contributed by atoms with E-state index in [1.165, 1.54) is 11.8 Å². The lowest BCUT2D eigenvalue weighted by Crippen LogP contribution is -2.02. The number of ether oxygens (including phenoxy) is 1. The highest BCUT2D eigenvalue weighted by atomic mass is 35.5. The first-order valence-corrected chi connectivity index (χ1v) is 6.75. The summed E-state index contributed by atoms with van der Waals surface area (Å²) in [7, 11) is 3.43. The normalized spacial score (nSPS) is 10.5. The summed E-state index contributed by atoms with van der Waals surface area (Å²) in [5.74, 6) is 1.38. The number of halogens is 1. The van der Waals surface area contributed by atoms with Crippen LogP contribution in [-0.4, -0.2) is 29.1 Å². The molecule has 100 valence electrons. The molecule has 0 saturated carbocycles. The first-order valence-electron chi connectivity index (χ1n) is 5.55. The molecular formula is C12H13ClN4OS. The molecule has 0 amide bonds. The van der Waals surface area contributed by atoms with Crippen molar-refractivity contribution in [2.75, 3.05) is 19.5 Å². The third-order valence-corrected chi connectivity index (χ3v) is 3.28. The van der Waals surface area contributed by atoms with Gasteiger partial charge in [-0.1, -0.05) is 11.6 Å². The smallest absolute Gasteiger partial charge is 0.157 e. The number of rotatable bonds is 5. The number of nitrogens with zero attached hydrogens (tertiary/aromatic N) is 3. The zero-order chi connectivity index (χ0) is 13.7. The Hall–Kier alpha value is -1.37. The first kappa shape index (κ1) is 14.0. The number of methoxy groups -OCH3 is 1. The third kappa shape index (κ3) is 4.05. The summed E-state index contributed by atoms with van der Waals surface area (Å²) in [6, 6.07) is 5.51. The van der Waals surface area contributed by atoms with E-state index in [0.717, 1.165) is 15.9 Å². The van der Waals surface area contributed by atoms with Crippen LogP contribution in [0, 0.1) is 0 Å². The molecule has 5 nitrogen and oxygen atoms in total. The topological polar surface area (TPSA) is 59.9 Å². The predicted octanol–water partition coefficient (Wildman–Crippen LogP) is 2.86. The first-order chi connectivity index (χ1) is 9.21. The second-order valence-corrected chi connectivity index (χ2v) is 5.08. The van der Waals surface area contributed by atoms with Gasteiger partial charge in [0.2, 0.25) is 0 Å². The van der Waals surface area contributed by atoms with E-state index in [-0.39, 0.29) is 0 Å². The molecule has 0 aliphatic rings. The van der Waals surface area contributed by atoms with E-state index in [2.05, 4.69) is 20.3 Å². The Bertz CT molecular complexity index is 550. The summed E-state index contributed by atoms with van der Waals surface area (Å²) >= 11 is 7.25. The molecule has 0 bridgehead atoms. The van der Waals surface area contributed by atoms with Crippen LogP contribution in [0.5, 0.6) is 0 Å². The molecule has 0 saturated heterocycles. The Morgan fingerprint density at radius 2 is 2.16 bits per heavy atom. The second-order valence-electron chi connectivity index (χ2n) is 3.61. The van der Waals surface area contributed by atoms with E-state index in [1.54, 1.807) is 19.4 Å². The molecule has 0 spiro atoms. The average Bonchev–Trinajstić information content (AvgIpc) is 2.41. The summed E-state index contributed by atoms with van der Waals surface area (Å²) in [5, 5.41) is 5.25. The SMILES string of the molecule is CNc1cc(Sc2ccc(Cl)cn2)nc(COC)n1. The molecule has 2 rings (SSSR count). The van der Waals surface area contributed by atoms with E-state index in [1.807, 2.05) is 19.2 Å². The lowest BCUT2D eigenvalue weighted by molar-refractivity contribution is 0.177. The van der Waals surface area contributed by atoms with Gasteiger partial charge in [-0.05, 0) is 23.9 Å². The quantitative estimate of drug-likeness (QED) is 0.856. The van der Waals surface area contributed by atoms with Crippen LogP contribution in [0.4, 0.5) is 5.82 Å². The minimum atomic E-state index is 0.372. The monoisotopic (exact) mass is 296 g/mol. The molecule has 0 aliphatic heterocycles. The van der Waals surface area contributed by atoms with Crippen LogP contribution >= 0.6 is 23.4 Å². The predicted molar refractivity (Wildman–Crippen MR) is 75.7 cm³/mol. The van der Waals surface area contributed by atoms with Gasteiger partial charge in [-0.25, -0.2) is 15.0 Å². The summed E-state index contributed by atoms with van der Waals surface area (Å²) in [5.41, 5.74) is 0. The number of anilines is 1. The van der Waals surface area contributed by atoms with E-state index >= 15 is 0 Å². The van der Waals surface area contributed by atoms with Crippen molar-refractivity contribution in [3.8, 4) is 0 Å². The lowest BCUT2D eigenvalue weighted by atomic mass is 10.5. The summed E-state index contributed by atoms with van der Waals surface area (Å²) in [6.45, 7) is 0.372. The largest absolute Gasteiger partial charge is 0.377 e. The Balaban J connectivity index is 2.23. The Kier molecular flexibility index (Phi) is 4.95. The molecule has 2 aromatic rings. The number of hydrogen-bond donors (Lipinski definition) is 1. The van der Waals surface area contributed by atoms with Gasteiger partial charge in [0.05, 0.1) is 5.02 Å². The van der Waals surface area contributed by atoms with Gasteiger partial charge in [-0.3, -0.25) is 0 Å². The van der Waals surface area contributed by atoms with Crippen LogP contribution in [0.15, 0.2) is 34.4 Å². The van der Waals surface area contributed by atoms with Crippen LogP contribution in [0.3, 0.4) is 0 Å². The maximum absolute atomic E-state index is 5.80. The highest BCUT2D eigenvalue weighted by Crippen LogP contribution is 2.26. The van der Waals surface area contributed by atoms with Gasteiger partial charge in [0.15, 0.2) is 5.82 Å². The van der Waals surface area contributed by atoms with Crippen molar-refractivity contribution in [1.29, 1.82) is 0 Å². The van der Waals surface area contributed by atoms with Gasteiger partial charge < -0.3 is 10.1 Å². The van der Waals surface area contributed by atoms with Crippen molar-refractivity contribution in [1.82, 2.24) is 15.0 Å². The van der Waals surface area contributed by atoms with Crippen molar-refractivity contribution in [3.05, 3.63) is 35.2 Å². The molecule has 1 N–H and O–H groups in total. The maximum atomic E-state index is 5.80. The fourth-order valence-electron chi connectivity index (χ4n) is 1.38. The van der Waals surface area contributed by atoms with Crippen LogP contribution in [-0.2, 0) is 11.3 Å². The molecule has 0 fully saturated rings. The highest BCUT2D eigenvalue weighted by molar-refractivity contribution is 7.99. The molecule has 2 heterocycles. The summed E-state index contributed by atoms with van der Waals surface area (Å²) in [4.78, 5) is 12.9. The zero-order valence-corrected chi connectivity index (χ0v) is 12.1. The minimum Gasteiger partial charge on any atom is -0.377 e. The third-order valence-electron chi connectivity index (χ3n) is 2.19. The summed E-state index contributed by atoms with van der Waals surface area (Å²) in [6.07, 6.45) is 1.61. The van der Waals surface area contributed by atoms with Crippen molar-refractivity contribution in [2.24, 2.45) is 0 Å². The van der Waals surface area contributed by atoms with E-state index in [9.17, 15) is 0 Å². The van der Waals surface area contributed by atoms with Crippen LogP contribution in [0.2, 0.25) is 5.02 Å². The minimum absolute atomic E-state index is 0.372.